The molecule has 0 saturated heterocycles. The van der Waals surface area contributed by atoms with E-state index in [1.54, 1.807) is 4.68 Å². The van der Waals surface area contributed by atoms with Gasteiger partial charge < -0.3 is 10.4 Å². The number of nitrogens with one attached hydrogen (secondary N) is 1. The van der Waals surface area contributed by atoms with Crippen molar-refractivity contribution in [2.45, 2.75) is 39.4 Å². The molecule has 0 saturated carbocycles. The Bertz CT molecular complexity index is 259. The van der Waals surface area contributed by atoms with Crippen LogP contribution >= 0.6 is 0 Å². The Labute approximate surface area is 84.1 Å². The second-order valence-corrected chi connectivity index (χ2v) is 3.59. The van der Waals surface area contributed by atoms with Crippen LogP contribution in [-0.2, 0) is 13.1 Å². The van der Waals surface area contributed by atoms with Gasteiger partial charge in [0.15, 0.2) is 0 Å². The summed E-state index contributed by atoms with van der Waals surface area (Å²) >= 11 is 0. The smallest absolute Gasteiger partial charge is 0.0964 e. The standard InChI is InChI=1S/C9H18N4O/c1-8(2)10-6-9-7-13(12-11-9)4-3-5-14/h7-8,10,14H,3-6H2,1-2H3. The van der Waals surface area contributed by atoms with E-state index in [-0.39, 0.29) is 6.61 Å². The zero-order valence-corrected chi connectivity index (χ0v) is 8.77. The molecular formula is C9H18N4O. The molecule has 0 amide bonds. The molecular weight excluding hydrogens is 180 g/mol. The molecule has 0 spiro atoms. The summed E-state index contributed by atoms with van der Waals surface area (Å²) in [6.45, 7) is 5.85. The Kier molecular flexibility index (Phi) is 4.55. The van der Waals surface area contributed by atoms with E-state index in [9.17, 15) is 0 Å². The van der Waals surface area contributed by atoms with Crippen molar-refractivity contribution in [1.82, 2.24) is 20.3 Å². The second kappa shape index (κ2) is 5.72. The maximum Gasteiger partial charge on any atom is 0.0964 e. The van der Waals surface area contributed by atoms with Gasteiger partial charge in [0.05, 0.1) is 5.69 Å². The van der Waals surface area contributed by atoms with Crippen molar-refractivity contribution in [3.63, 3.8) is 0 Å². The Morgan fingerprint density at radius 1 is 1.57 bits per heavy atom. The average molecular weight is 198 g/mol. The molecule has 0 aliphatic rings. The van der Waals surface area contributed by atoms with E-state index in [1.807, 2.05) is 6.20 Å². The van der Waals surface area contributed by atoms with Gasteiger partial charge in [-0.2, -0.15) is 0 Å². The monoisotopic (exact) mass is 198 g/mol. The van der Waals surface area contributed by atoms with Gasteiger partial charge in [0.25, 0.3) is 0 Å². The number of nitrogens with zero attached hydrogens (tertiary/aromatic N) is 3. The first kappa shape index (κ1) is 11.1. The summed E-state index contributed by atoms with van der Waals surface area (Å²) in [5.41, 5.74) is 0.941. The molecule has 1 aromatic rings. The Morgan fingerprint density at radius 3 is 3.00 bits per heavy atom. The fourth-order valence-corrected chi connectivity index (χ4v) is 1.07. The van der Waals surface area contributed by atoms with Gasteiger partial charge in [0.2, 0.25) is 0 Å². The predicted octanol–water partition coefficient (Wildman–Crippen LogP) is 0.158. The van der Waals surface area contributed by atoms with Gasteiger partial charge in [-0.3, -0.25) is 4.68 Å². The molecule has 2 N–H and O–H groups in total. The average Bonchev–Trinajstić information content (AvgIpc) is 2.59. The number of hydrogen-bond donors (Lipinski definition) is 2. The van der Waals surface area contributed by atoms with E-state index < -0.39 is 0 Å². The number of aromatic nitrogens is 3. The molecule has 1 heterocycles. The summed E-state index contributed by atoms with van der Waals surface area (Å²) in [4.78, 5) is 0. The molecule has 0 bridgehead atoms. The quantitative estimate of drug-likeness (QED) is 0.683. The fraction of sp³-hybridized carbons (Fsp3) is 0.778. The molecule has 14 heavy (non-hydrogen) atoms. The molecule has 0 aromatic carbocycles. The Balaban J connectivity index is 2.35. The highest BCUT2D eigenvalue weighted by molar-refractivity contribution is 4.91. The van der Waals surface area contributed by atoms with Gasteiger partial charge in [0.1, 0.15) is 0 Å². The van der Waals surface area contributed by atoms with Crippen LogP contribution < -0.4 is 5.32 Å². The van der Waals surface area contributed by atoms with Crippen LogP contribution in [0.15, 0.2) is 6.20 Å². The van der Waals surface area contributed by atoms with Crippen molar-refractivity contribution >= 4 is 0 Å². The van der Waals surface area contributed by atoms with Crippen molar-refractivity contribution < 1.29 is 5.11 Å². The summed E-state index contributed by atoms with van der Waals surface area (Å²) in [7, 11) is 0. The van der Waals surface area contributed by atoms with Crippen molar-refractivity contribution in [2.75, 3.05) is 6.61 Å². The molecule has 1 rings (SSSR count). The van der Waals surface area contributed by atoms with Crippen LogP contribution in [0.1, 0.15) is 26.0 Å². The second-order valence-electron chi connectivity index (χ2n) is 3.59. The van der Waals surface area contributed by atoms with Crippen molar-refractivity contribution in [2.24, 2.45) is 0 Å². The lowest BCUT2D eigenvalue weighted by Gasteiger charge is -2.04. The minimum atomic E-state index is 0.194. The van der Waals surface area contributed by atoms with Crippen molar-refractivity contribution in [3.05, 3.63) is 11.9 Å². The molecule has 0 aliphatic heterocycles. The van der Waals surface area contributed by atoms with Gasteiger partial charge in [-0.25, -0.2) is 0 Å². The third-order valence-corrected chi connectivity index (χ3v) is 1.82. The topological polar surface area (TPSA) is 63.0 Å². The number of aryl methyl sites for hydroxylation is 1. The summed E-state index contributed by atoms with van der Waals surface area (Å²) in [6, 6.07) is 0.456. The highest BCUT2D eigenvalue weighted by atomic mass is 16.3. The van der Waals surface area contributed by atoms with Crippen LogP contribution in [0.5, 0.6) is 0 Å². The highest BCUT2D eigenvalue weighted by Gasteiger charge is 2.00. The Morgan fingerprint density at radius 2 is 2.36 bits per heavy atom. The third-order valence-electron chi connectivity index (χ3n) is 1.82. The molecule has 80 valence electrons. The van der Waals surface area contributed by atoms with Crippen LogP contribution in [-0.4, -0.2) is 32.7 Å². The fourth-order valence-electron chi connectivity index (χ4n) is 1.07. The zero-order valence-electron chi connectivity index (χ0n) is 8.77. The molecule has 1 aromatic heterocycles. The van der Waals surface area contributed by atoms with Gasteiger partial charge in [-0.1, -0.05) is 19.1 Å². The van der Waals surface area contributed by atoms with Crippen molar-refractivity contribution in [3.8, 4) is 0 Å². The number of rotatable bonds is 6. The maximum atomic E-state index is 8.64. The predicted molar refractivity (Wildman–Crippen MR) is 53.7 cm³/mol. The normalized spacial score (nSPS) is 11.1. The lowest BCUT2D eigenvalue weighted by Crippen LogP contribution is -2.21. The van der Waals surface area contributed by atoms with Gasteiger partial charge in [0, 0.05) is 31.9 Å². The zero-order chi connectivity index (χ0) is 10.4. The molecule has 0 unspecified atom stereocenters. The molecule has 0 atom stereocenters. The number of hydrogen-bond acceptors (Lipinski definition) is 4. The largest absolute Gasteiger partial charge is 0.396 e. The van der Waals surface area contributed by atoms with Crippen LogP contribution in [0.4, 0.5) is 0 Å². The van der Waals surface area contributed by atoms with Gasteiger partial charge in [-0.05, 0) is 6.42 Å². The molecule has 5 nitrogen and oxygen atoms in total. The van der Waals surface area contributed by atoms with E-state index in [2.05, 4.69) is 29.5 Å². The van der Waals surface area contributed by atoms with Gasteiger partial charge >= 0.3 is 0 Å². The Hall–Kier alpha value is -0.940. The van der Waals surface area contributed by atoms with E-state index in [0.717, 1.165) is 25.2 Å². The third kappa shape index (κ3) is 3.85. The lowest BCUT2D eigenvalue weighted by molar-refractivity contribution is 0.276. The first-order valence-corrected chi connectivity index (χ1v) is 4.95. The van der Waals surface area contributed by atoms with E-state index in [1.165, 1.54) is 0 Å². The van der Waals surface area contributed by atoms with Gasteiger partial charge in [-0.15, -0.1) is 5.10 Å². The van der Waals surface area contributed by atoms with Crippen LogP contribution in [0.25, 0.3) is 0 Å². The molecule has 0 fully saturated rings. The molecule has 0 radical (unpaired) electrons. The lowest BCUT2D eigenvalue weighted by atomic mass is 10.3. The van der Waals surface area contributed by atoms with E-state index >= 15 is 0 Å². The van der Waals surface area contributed by atoms with Crippen molar-refractivity contribution in [1.29, 1.82) is 0 Å². The summed E-state index contributed by atoms with van der Waals surface area (Å²) in [5.74, 6) is 0. The number of aliphatic hydroxyl groups excluding tert-OH is 1. The minimum Gasteiger partial charge on any atom is -0.396 e. The first-order chi connectivity index (χ1) is 6.72. The minimum absolute atomic E-state index is 0.194. The number of aliphatic hydroxyl groups is 1. The van der Waals surface area contributed by atoms with E-state index in [4.69, 9.17) is 5.11 Å². The highest BCUT2D eigenvalue weighted by Crippen LogP contribution is 1.94. The SMILES string of the molecule is CC(C)NCc1cn(CCCO)nn1. The summed E-state index contributed by atoms with van der Waals surface area (Å²) < 4.78 is 1.76. The van der Waals surface area contributed by atoms with Crippen LogP contribution in [0.2, 0.25) is 0 Å². The van der Waals surface area contributed by atoms with E-state index in [0.29, 0.717) is 6.04 Å². The molecule has 0 aliphatic carbocycles. The van der Waals surface area contributed by atoms with Crippen LogP contribution in [0, 0.1) is 0 Å². The van der Waals surface area contributed by atoms with Crippen LogP contribution in [0.3, 0.4) is 0 Å². The molecule has 5 heteroatoms. The summed E-state index contributed by atoms with van der Waals surface area (Å²) in [6.07, 6.45) is 2.63. The summed E-state index contributed by atoms with van der Waals surface area (Å²) in [5, 5.41) is 19.9. The maximum absolute atomic E-state index is 8.64. The first-order valence-electron chi connectivity index (χ1n) is 4.95.